The molecule has 1 N–H and O–H groups in total. The highest BCUT2D eigenvalue weighted by Gasteiger charge is 2.24. The first-order valence-electron chi connectivity index (χ1n) is 6.59. The van der Waals surface area contributed by atoms with Crippen LogP contribution in [0.3, 0.4) is 0 Å². The predicted molar refractivity (Wildman–Crippen MR) is 73.6 cm³/mol. The van der Waals surface area contributed by atoms with Crippen LogP contribution < -0.4 is 5.32 Å². The van der Waals surface area contributed by atoms with Crippen molar-refractivity contribution in [3.63, 3.8) is 0 Å². The number of aromatic nitrogens is 1. The molecule has 0 aromatic carbocycles. The largest absolute Gasteiger partial charge is 0.380 e. The Balaban J connectivity index is 2.10. The minimum atomic E-state index is 0.565. The molecule has 94 valence electrons. The number of pyridine rings is 1. The second-order valence-electron chi connectivity index (χ2n) is 5.05. The van der Waals surface area contributed by atoms with Crippen LogP contribution in [-0.2, 0) is 0 Å². The van der Waals surface area contributed by atoms with Crippen molar-refractivity contribution in [1.29, 1.82) is 0 Å². The highest BCUT2D eigenvalue weighted by Crippen LogP contribution is 2.31. The Morgan fingerprint density at radius 2 is 2.18 bits per heavy atom. The van der Waals surface area contributed by atoms with E-state index in [1.165, 1.54) is 32.1 Å². The highest BCUT2D eigenvalue weighted by molar-refractivity contribution is 6.31. The van der Waals surface area contributed by atoms with Crippen molar-refractivity contribution < 1.29 is 0 Å². The molecule has 1 aliphatic carbocycles. The summed E-state index contributed by atoms with van der Waals surface area (Å²) in [5, 5.41) is 4.19. The smallest absolute Gasteiger partial charge is 0.152 e. The van der Waals surface area contributed by atoms with E-state index >= 15 is 0 Å². The molecule has 0 radical (unpaired) electrons. The molecule has 2 rings (SSSR count). The van der Waals surface area contributed by atoms with Gasteiger partial charge in [-0.05, 0) is 37.3 Å². The maximum Gasteiger partial charge on any atom is 0.152 e. The minimum Gasteiger partial charge on any atom is -0.380 e. The van der Waals surface area contributed by atoms with E-state index in [-0.39, 0.29) is 0 Å². The summed E-state index contributed by atoms with van der Waals surface area (Å²) in [7, 11) is 0. The Kier molecular flexibility index (Phi) is 4.27. The predicted octanol–water partition coefficient (Wildman–Crippen LogP) is 4.42. The summed E-state index contributed by atoms with van der Waals surface area (Å²) in [5.41, 5.74) is 2.15. The quantitative estimate of drug-likeness (QED) is 0.806. The van der Waals surface area contributed by atoms with Gasteiger partial charge in [-0.15, -0.1) is 0 Å². The molecule has 3 heteroatoms. The van der Waals surface area contributed by atoms with Crippen molar-refractivity contribution in [2.45, 2.75) is 52.0 Å². The summed E-state index contributed by atoms with van der Waals surface area (Å²) >= 11 is 6.13. The van der Waals surface area contributed by atoms with E-state index in [9.17, 15) is 0 Å². The number of aryl methyl sites for hydroxylation is 1. The van der Waals surface area contributed by atoms with Gasteiger partial charge in [-0.25, -0.2) is 4.98 Å². The van der Waals surface area contributed by atoms with Crippen molar-refractivity contribution >= 4 is 17.3 Å². The van der Waals surface area contributed by atoms with Gasteiger partial charge in [-0.3, -0.25) is 0 Å². The molecule has 2 unspecified atom stereocenters. The van der Waals surface area contributed by atoms with Crippen molar-refractivity contribution in [2.24, 2.45) is 5.92 Å². The molecule has 1 aromatic heterocycles. The Morgan fingerprint density at radius 1 is 1.41 bits per heavy atom. The van der Waals surface area contributed by atoms with E-state index in [4.69, 9.17) is 11.6 Å². The Morgan fingerprint density at radius 3 is 2.94 bits per heavy atom. The average Bonchev–Trinajstić information content (AvgIpc) is 2.34. The molecule has 0 amide bonds. The molecule has 0 bridgehead atoms. The number of halogens is 1. The van der Waals surface area contributed by atoms with Crippen molar-refractivity contribution in [3.05, 3.63) is 23.0 Å². The molecule has 1 aromatic rings. The van der Waals surface area contributed by atoms with Crippen molar-refractivity contribution in [2.75, 3.05) is 5.32 Å². The van der Waals surface area contributed by atoms with Crippen LogP contribution in [0.15, 0.2) is 12.3 Å². The molecule has 1 aliphatic rings. The highest BCUT2D eigenvalue weighted by atomic mass is 35.5. The number of rotatable bonds is 3. The van der Waals surface area contributed by atoms with Crippen LogP contribution in [0.1, 0.15) is 44.6 Å². The van der Waals surface area contributed by atoms with Gasteiger partial charge in [0.2, 0.25) is 0 Å². The van der Waals surface area contributed by atoms with Crippen LogP contribution in [0.5, 0.6) is 0 Å². The normalized spacial score (nSPS) is 24.6. The third-order valence-electron chi connectivity index (χ3n) is 3.75. The van der Waals surface area contributed by atoms with Gasteiger partial charge in [0.05, 0.1) is 5.69 Å². The second kappa shape index (κ2) is 5.72. The molecule has 17 heavy (non-hydrogen) atoms. The fourth-order valence-electron chi connectivity index (χ4n) is 2.74. The zero-order valence-corrected chi connectivity index (χ0v) is 11.4. The topological polar surface area (TPSA) is 24.9 Å². The summed E-state index contributed by atoms with van der Waals surface area (Å²) in [6, 6.07) is 2.66. The van der Waals surface area contributed by atoms with Crippen molar-refractivity contribution in [1.82, 2.24) is 4.98 Å². The second-order valence-corrected chi connectivity index (χ2v) is 5.41. The first kappa shape index (κ1) is 12.7. The fourth-order valence-corrected chi connectivity index (χ4v) is 2.90. The summed E-state index contributed by atoms with van der Waals surface area (Å²) in [4.78, 5) is 4.20. The third-order valence-corrected chi connectivity index (χ3v) is 4.05. The van der Waals surface area contributed by atoms with Crippen LogP contribution in [0.25, 0.3) is 0 Å². The minimum absolute atomic E-state index is 0.565. The number of hydrogen-bond acceptors (Lipinski definition) is 2. The van der Waals surface area contributed by atoms with Crippen LogP contribution >= 0.6 is 11.6 Å². The molecule has 0 aliphatic heterocycles. The SMILES string of the molecule is CCC1CCCCC1Nc1cc(C)cnc1Cl. The zero-order valence-electron chi connectivity index (χ0n) is 10.7. The Bertz CT molecular complexity index is 378. The standard InChI is InChI=1S/C14H21ClN2/c1-3-11-6-4-5-7-12(11)17-13-8-10(2)9-16-14(13)15/h8-9,11-12,17H,3-7H2,1-2H3. The summed E-state index contributed by atoms with van der Waals surface area (Å²) in [6.07, 6.45) is 8.34. The van der Waals surface area contributed by atoms with Crippen molar-refractivity contribution in [3.8, 4) is 0 Å². The van der Waals surface area contributed by atoms with Gasteiger partial charge in [-0.2, -0.15) is 0 Å². The first-order chi connectivity index (χ1) is 8.20. The van der Waals surface area contributed by atoms with Gasteiger partial charge in [0.15, 0.2) is 5.15 Å². The monoisotopic (exact) mass is 252 g/mol. The van der Waals surface area contributed by atoms with E-state index in [1.54, 1.807) is 0 Å². The molecule has 0 spiro atoms. The summed E-state index contributed by atoms with van der Waals surface area (Å²) in [5.74, 6) is 0.778. The van der Waals surface area contributed by atoms with Gasteiger partial charge >= 0.3 is 0 Å². The van der Waals surface area contributed by atoms with Gasteiger partial charge in [0.25, 0.3) is 0 Å². The third kappa shape index (κ3) is 3.12. The maximum atomic E-state index is 6.13. The molecule has 1 heterocycles. The van der Waals surface area contributed by atoms with Gasteiger partial charge in [0.1, 0.15) is 0 Å². The Hall–Kier alpha value is -0.760. The molecule has 1 saturated carbocycles. The van der Waals surface area contributed by atoms with Gasteiger partial charge < -0.3 is 5.32 Å². The number of nitrogens with one attached hydrogen (secondary N) is 1. The lowest BCUT2D eigenvalue weighted by Gasteiger charge is -2.32. The number of hydrogen-bond donors (Lipinski definition) is 1. The molecule has 2 nitrogen and oxygen atoms in total. The molecule has 1 fully saturated rings. The number of anilines is 1. The average molecular weight is 253 g/mol. The van der Waals surface area contributed by atoms with E-state index in [0.29, 0.717) is 11.2 Å². The molecular formula is C14H21ClN2. The van der Waals surface area contributed by atoms with E-state index in [2.05, 4.69) is 23.3 Å². The zero-order chi connectivity index (χ0) is 12.3. The van der Waals surface area contributed by atoms with Crippen LogP contribution in [0.2, 0.25) is 5.15 Å². The fraction of sp³-hybridized carbons (Fsp3) is 0.643. The maximum absolute atomic E-state index is 6.13. The lowest BCUT2D eigenvalue weighted by Crippen LogP contribution is -2.32. The molecule has 2 atom stereocenters. The van der Waals surface area contributed by atoms with Gasteiger partial charge in [-0.1, -0.05) is 37.8 Å². The molecular weight excluding hydrogens is 232 g/mol. The van der Waals surface area contributed by atoms with Gasteiger partial charge in [0, 0.05) is 12.2 Å². The van der Waals surface area contributed by atoms with E-state index in [1.807, 2.05) is 13.1 Å². The summed E-state index contributed by atoms with van der Waals surface area (Å²) < 4.78 is 0. The van der Waals surface area contributed by atoms with Crippen LogP contribution in [0.4, 0.5) is 5.69 Å². The lowest BCUT2D eigenvalue weighted by molar-refractivity contribution is 0.317. The van der Waals surface area contributed by atoms with Crippen LogP contribution in [-0.4, -0.2) is 11.0 Å². The molecule has 0 saturated heterocycles. The first-order valence-corrected chi connectivity index (χ1v) is 6.97. The lowest BCUT2D eigenvalue weighted by atomic mass is 9.83. The van der Waals surface area contributed by atoms with E-state index in [0.717, 1.165) is 17.2 Å². The Labute approximate surface area is 109 Å². The van der Waals surface area contributed by atoms with E-state index < -0.39 is 0 Å². The van der Waals surface area contributed by atoms with Crippen LogP contribution in [0, 0.1) is 12.8 Å². The summed E-state index contributed by atoms with van der Waals surface area (Å²) in [6.45, 7) is 4.33. The number of nitrogens with zero attached hydrogens (tertiary/aromatic N) is 1.